The number of fused-ring (bicyclic) bond motifs is 1. The maximum Gasteiger partial charge on any atom is 1.00 e. The van der Waals surface area contributed by atoms with Gasteiger partial charge < -0.3 is 4.55 Å². The Morgan fingerprint density at radius 2 is 1.46 bits per heavy atom. The molecular weight excluding hydrogens is 331 g/mol. The van der Waals surface area contributed by atoms with Crippen molar-refractivity contribution >= 4 is 20.9 Å². The second-order valence-corrected chi connectivity index (χ2v) is 8.45. The Hall–Kier alpha value is -0.390. The van der Waals surface area contributed by atoms with E-state index in [4.69, 9.17) is 0 Å². The summed E-state index contributed by atoms with van der Waals surface area (Å²) in [5.74, 6) is 0.567. The molecule has 0 radical (unpaired) electrons. The van der Waals surface area contributed by atoms with Crippen molar-refractivity contribution in [1.82, 2.24) is 0 Å². The Bertz CT molecular complexity index is 837. The quantitative estimate of drug-likeness (QED) is 0.623. The van der Waals surface area contributed by atoms with Gasteiger partial charge in [-0.25, -0.2) is 8.42 Å². The van der Waals surface area contributed by atoms with Crippen molar-refractivity contribution < 1.29 is 42.5 Å². The van der Waals surface area contributed by atoms with Crippen molar-refractivity contribution in [2.75, 3.05) is 0 Å². The number of hydrogen-bond acceptors (Lipinski definition) is 3. The third-order valence-electron chi connectivity index (χ3n) is 4.31. The Morgan fingerprint density at radius 1 is 0.875 bits per heavy atom. The van der Waals surface area contributed by atoms with Crippen LogP contribution in [0.2, 0.25) is 0 Å². The van der Waals surface area contributed by atoms with Gasteiger partial charge in [-0.15, -0.1) is 0 Å². The van der Waals surface area contributed by atoms with Gasteiger partial charge in [0, 0.05) is 5.39 Å². The van der Waals surface area contributed by atoms with Gasteiger partial charge in [0.2, 0.25) is 0 Å². The minimum Gasteiger partial charge on any atom is -0.744 e. The van der Waals surface area contributed by atoms with Gasteiger partial charge >= 0.3 is 29.6 Å². The van der Waals surface area contributed by atoms with E-state index in [1.165, 1.54) is 0 Å². The molecule has 0 saturated carbocycles. The monoisotopic (exact) mass is 356 g/mol. The molecule has 2 aromatic rings. The van der Waals surface area contributed by atoms with Gasteiger partial charge in [0.05, 0.1) is 4.90 Å². The predicted octanol–water partition coefficient (Wildman–Crippen LogP) is 2.12. The van der Waals surface area contributed by atoms with E-state index in [1.807, 2.05) is 39.8 Å². The van der Waals surface area contributed by atoms with Crippen molar-refractivity contribution in [3.05, 3.63) is 41.0 Å². The minimum absolute atomic E-state index is 0. The number of rotatable bonds is 4. The van der Waals surface area contributed by atoms with Gasteiger partial charge in [0.15, 0.2) is 0 Å². The van der Waals surface area contributed by atoms with E-state index < -0.39 is 10.1 Å². The maximum atomic E-state index is 11.9. The van der Waals surface area contributed by atoms with Crippen molar-refractivity contribution in [3.8, 4) is 0 Å². The minimum atomic E-state index is -4.53. The molecule has 0 spiro atoms. The number of benzene rings is 2. The molecule has 0 heterocycles. The standard InChI is InChI=1S/C19H26O3S.Na/c1-11(2)15-9-14-7-8-16(12(3)4)18(13(5)6)19(14)17(10-15)23(20,21)22;/h7-13H,1-6H3,(H,20,21,22);/q;+1/p-1. The first-order valence-corrected chi connectivity index (χ1v) is 9.51. The third kappa shape index (κ3) is 4.23. The average molecular weight is 356 g/mol. The summed E-state index contributed by atoms with van der Waals surface area (Å²) in [5.41, 5.74) is 2.95. The molecular formula is C19H25NaO3S. The normalized spacial score (nSPS) is 12.2. The summed E-state index contributed by atoms with van der Waals surface area (Å²) in [7, 11) is -4.53. The SMILES string of the molecule is CC(C)c1cc(S(=O)(=O)[O-])c2c(C(C)C)c(C(C)C)ccc2c1.[Na+]. The largest absolute Gasteiger partial charge is 1.00 e. The van der Waals surface area contributed by atoms with Crippen LogP contribution in [0.4, 0.5) is 0 Å². The summed E-state index contributed by atoms with van der Waals surface area (Å²) in [6, 6.07) is 7.57. The summed E-state index contributed by atoms with van der Waals surface area (Å²) in [5, 5.41) is 1.43. The van der Waals surface area contributed by atoms with E-state index in [9.17, 15) is 13.0 Å². The van der Waals surface area contributed by atoms with E-state index in [0.29, 0.717) is 5.39 Å². The molecule has 0 unspecified atom stereocenters. The third-order valence-corrected chi connectivity index (χ3v) is 5.17. The zero-order valence-electron chi connectivity index (χ0n) is 15.7. The van der Waals surface area contributed by atoms with Crippen molar-refractivity contribution in [3.63, 3.8) is 0 Å². The predicted molar refractivity (Wildman–Crippen MR) is 94.2 cm³/mol. The number of hydrogen-bond donors (Lipinski definition) is 0. The summed E-state index contributed by atoms with van der Waals surface area (Å²) in [6.45, 7) is 12.2. The van der Waals surface area contributed by atoms with Crippen LogP contribution in [0, 0.1) is 0 Å². The summed E-state index contributed by atoms with van der Waals surface area (Å²) >= 11 is 0. The molecule has 3 nitrogen and oxygen atoms in total. The van der Waals surface area contributed by atoms with Gasteiger partial charge in [-0.2, -0.15) is 0 Å². The molecule has 2 rings (SSSR count). The van der Waals surface area contributed by atoms with Crippen LogP contribution in [0.3, 0.4) is 0 Å². The first-order chi connectivity index (χ1) is 10.5. The van der Waals surface area contributed by atoms with E-state index in [1.54, 1.807) is 6.07 Å². The second-order valence-electron chi connectivity index (χ2n) is 7.10. The fraction of sp³-hybridized carbons (Fsp3) is 0.474. The second kappa shape index (κ2) is 7.88. The van der Waals surface area contributed by atoms with Crippen LogP contribution in [0.25, 0.3) is 10.8 Å². The Labute approximate surface area is 167 Å². The Morgan fingerprint density at radius 3 is 1.88 bits per heavy atom. The first kappa shape index (κ1) is 21.7. The molecule has 0 aliphatic carbocycles. The van der Waals surface area contributed by atoms with Crippen LogP contribution in [0.5, 0.6) is 0 Å². The topological polar surface area (TPSA) is 57.2 Å². The van der Waals surface area contributed by atoms with Gasteiger partial charge in [-0.05, 0) is 45.9 Å². The fourth-order valence-corrected chi connectivity index (χ4v) is 3.91. The van der Waals surface area contributed by atoms with Gasteiger partial charge in [-0.3, -0.25) is 0 Å². The molecule has 0 aliphatic heterocycles. The fourth-order valence-electron chi connectivity index (χ4n) is 3.15. The average Bonchev–Trinajstić information content (AvgIpc) is 2.43. The Kier molecular flexibility index (Phi) is 7.11. The zero-order valence-corrected chi connectivity index (χ0v) is 18.5. The van der Waals surface area contributed by atoms with Gasteiger partial charge in [-0.1, -0.05) is 59.7 Å². The molecule has 0 bridgehead atoms. The molecule has 0 atom stereocenters. The van der Waals surface area contributed by atoms with Crippen LogP contribution >= 0.6 is 0 Å². The molecule has 24 heavy (non-hydrogen) atoms. The summed E-state index contributed by atoms with van der Waals surface area (Å²) in [4.78, 5) is -0.0788. The van der Waals surface area contributed by atoms with Crippen LogP contribution in [-0.4, -0.2) is 13.0 Å². The van der Waals surface area contributed by atoms with Crippen molar-refractivity contribution in [2.45, 2.75) is 64.2 Å². The van der Waals surface area contributed by atoms with Gasteiger partial charge in [0.1, 0.15) is 10.1 Å². The van der Waals surface area contributed by atoms with E-state index in [-0.39, 0.29) is 52.2 Å². The molecule has 0 amide bonds. The van der Waals surface area contributed by atoms with Crippen LogP contribution in [0.15, 0.2) is 29.2 Å². The Balaban J connectivity index is 0.00000288. The van der Waals surface area contributed by atoms with Crippen LogP contribution in [0.1, 0.15) is 76.0 Å². The molecule has 0 N–H and O–H groups in total. The zero-order chi connectivity index (χ0) is 17.5. The van der Waals surface area contributed by atoms with Crippen molar-refractivity contribution in [1.29, 1.82) is 0 Å². The molecule has 126 valence electrons. The van der Waals surface area contributed by atoms with Gasteiger partial charge in [0.25, 0.3) is 0 Å². The molecule has 0 aliphatic rings. The molecule has 0 saturated heterocycles. The van der Waals surface area contributed by atoms with E-state index in [0.717, 1.165) is 22.1 Å². The molecule has 0 aromatic heterocycles. The first-order valence-electron chi connectivity index (χ1n) is 8.10. The van der Waals surface area contributed by atoms with Crippen molar-refractivity contribution in [2.24, 2.45) is 0 Å². The van der Waals surface area contributed by atoms with E-state index in [2.05, 4.69) is 19.9 Å². The summed E-state index contributed by atoms with van der Waals surface area (Å²) < 4.78 is 35.8. The maximum absolute atomic E-state index is 11.9. The smallest absolute Gasteiger partial charge is 0.744 e. The molecule has 2 aromatic carbocycles. The molecule has 0 fully saturated rings. The van der Waals surface area contributed by atoms with E-state index >= 15 is 0 Å². The van der Waals surface area contributed by atoms with Crippen LogP contribution < -0.4 is 29.6 Å². The summed E-state index contributed by atoms with van der Waals surface area (Å²) in [6.07, 6.45) is 0. The molecule has 5 heteroatoms. The van der Waals surface area contributed by atoms with Crippen LogP contribution in [-0.2, 0) is 10.1 Å².